The zero-order valence-electron chi connectivity index (χ0n) is 15.9. The van der Waals surface area contributed by atoms with E-state index in [9.17, 15) is 0 Å². The SMILES string of the molecule is CCn1cc(-c2c(-c3ccccc3)ncn2[C@@H](C)c2ncccc2C)cn1. The summed E-state index contributed by atoms with van der Waals surface area (Å²) in [6.45, 7) is 7.19. The molecule has 0 aliphatic carbocycles. The van der Waals surface area contributed by atoms with Crippen LogP contribution < -0.4 is 0 Å². The van der Waals surface area contributed by atoms with Crippen molar-refractivity contribution in [3.63, 3.8) is 0 Å². The molecule has 136 valence electrons. The Kier molecular flexibility index (Phi) is 4.59. The molecule has 5 nitrogen and oxygen atoms in total. The van der Waals surface area contributed by atoms with Crippen molar-refractivity contribution in [3.05, 3.63) is 78.6 Å². The molecule has 0 saturated heterocycles. The Morgan fingerprint density at radius 3 is 2.52 bits per heavy atom. The van der Waals surface area contributed by atoms with Crippen LogP contribution in [0.1, 0.15) is 31.1 Å². The van der Waals surface area contributed by atoms with E-state index in [1.54, 1.807) is 0 Å². The van der Waals surface area contributed by atoms with Crippen LogP contribution in [0.5, 0.6) is 0 Å². The van der Waals surface area contributed by atoms with E-state index in [1.165, 1.54) is 5.56 Å². The molecule has 0 saturated carbocycles. The highest BCUT2D eigenvalue weighted by molar-refractivity contribution is 5.78. The fraction of sp³-hybridized carbons (Fsp3) is 0.227. The monoisotopic (exact) mass is 357 g/mol. The van der Waals surface area contributed by atoms with E-state index in [-0.39, 0.29) is 6.04 Å². The standard InChI is InChI=1S/C22H23N5/c1-4-26-14-19(13-25-26)22-21(18-10-6-5-7-11-18)24-15-27(22)17(3)20-16(2)9-8-12-23-20/h5-15,17H,4H2,1-3H3/t17-/m0/s1. The van der Waals surface area contributed by atoms with Crippen LogP contribution >= 0.6 is 0 Å². The minimum atomic E-state index is 0.0659. The second kappa shape index (κ2) is 7.19. The molecule has 4 aromatic rings. The van der Waals surface area contributed by atoms with Crippen molar-refractivity contribution < 1.29 is 0 Å². The van der Waals surface area contributed by atoms with E-state index in [1.807, 2.05) is 47.7 Å². The van der Waals surface area contributed by atoms with Crippen LogP contribution in [0.3, 0.4) is 0 Å². The molecule has 1 aromatic carbocycles. The first-order valence-electron chi connectivity index (χ1n) is 9.25. The molecule has 0 aliphatic rings. The zero-order valence-corrected chi connectivity index (χ0v) is 15.9. The molecule has 0 unspecified atom stereocenters. The van der Waals surface area contributed by atoms with Gasteiger partial charge in [-0.1, -0.05) is 36.4 Å². The van der Waals surface area contributed by atoms with Crippen molar-refractivity contribution in [2.75, 3.05) is 0 Å². The average molecular weight is 357 g/mol. The number of rotatable bonds is 5. The topological polar surface area (TPSA) is 48.5 Å². The Morgan fingerprint density at radius 1 is 1.00 bits per heavy atom. The van der Waals surface area contributed by atoms with Crippen LogP contribution in [0, 0.1) is 6.92 Å². The van der Waals surface area contributed by atoms with Crippen LogP contribution in [0.4, 0.5) is 0 Å². The maximum atomic E-state index is 4.77. The summed E-state index contributed by atoms with van der Waals surface area (Å²) < 4.78 is 4.15. The van der Waals surface area contributed by atoms with E-state index in [0.29, 0.717) is 0 Å². The summed E-state index contributed by atoms with van der Waals surface area (Å²) in [5, 5.41) is 4.48. The highest BCUT2D eigenvalue weighted by Gasteiger charge is 2.21. The highest BCUT2D eigenvalue weighted by atomic mass is 15.3. The first kappa shape index (κ1) is 17.2. The van der Waals surface area contributed by atoms with Crippen molar-refractivity contribution in [2.24, 2.45) is 0 Å². The molecule has 5 heteroatoms. The van der Waals surface area contributed by atoms with Crippen molar-refractivity contribution in [1.82, 2.24) is 24.3 Å². The van der Waals surface area contributed by atoms with Crippen molar-refractivity contribution >= 4 is 0 Å². The fourth-order valence-corrected chi connectivity index (χ4v) is 3.47. The lowest BCUT2D eigenvalue weighted by molar-refractivity contribution is 0.621. The Bertz CT molecular complexity index is 1050. The maximum Gasteiger partial charge on any atom is 0.0965 e. The van der Waals surface area contributed by atoms with Crippen LogP contribution in [0.25, 0.3) is 22.5 Å². The van der Waals surface area contributed by atoms with Crippen LogP contribution in [0.15, 0.2) is 67.4 Å². The molecule has 27 heavy (non-hydrogen) atoms. The van der Waals surface area contributed by atoms with Crippen LogP contribution in [-0.2, 0) is 6.54 Å². The van der Waals surface area contributed by atoms with Gasteiger partial charge in [0, 0.05) is 30.1 Å². The number of pyridine rings is 1. The van der Waals surface area contributed by atoms with Gasteiger partial charge in [-0.15, -0.1) is 0 Å². The molecule has 0 N–H and O–H groups in total. The lowest BCUT2D eigenvalue weighted by Gasteiger charge is -2.18. The number of hydrogen-bond donors (Lipinski definition) is 0. The quantitative estimate of drug-likeness (QED) is 0.518. The molecule has 0 amide bonds. The molecule has 0 fully saturated rings. The molecular formula is C22H23N5. The Labute approximate surface area is 159 Å². The number of benzene rings is 1. The van der Waals surface area contributed by atoms with E-state index < -0.39 is 0 Å². The summed E-state index contributed by atoms with van der Waals surface area (Å²) in [7, 11) is 0. The predicted octanol–water partition coefficient (Wildman–Crippen LogP) is 4.75. The van der Waals surface area contributed by atoms with E-state index in [4.69, 9.17) is 4.98 Å². The van der Waals surface area contributed by atoms with Gasteiger partial charge in [0.05, 0.1) is 35.6 Å². The summed E-state index contributed by atoms with van der Waals surface area (Å²) in [5.41, 5.74) is 6.42. The maximum absolute atomic E-state index is 4.77. The summed E-state index contributed by atoms with van der Waals surface area (Å²) in [4.78, 5) is 9.40. The van der Waals surface area contributed by atoms with Gasteiger partial charge >= 0.3 is 0 Å². The van der Waals surface area contributed by atoms with Gasteiger partial charge in [-0.05, 0) is 32.4 Å². The lowest BCUT2D eigenvalue weighted by Crippen LogP contribution is -2.10. The number of aromatic nitrogens is 5. The highest BCUT2D eigenvalue weighted by Crippen LogP contribution is 2.34. The third kappa shape index (κ3) is 3.16. The second-order valence-electron chi connectivity index (χ2n) is 6.68. The van der Waals surface area contributed by atoms with E-state index >= 15 is 0 Å². The summed E-state index contributed by atoms with van der Waals surface area (Å²) in [5.74, 6) is 0. The summed E-state index contributed by atoms with van der Waals surface area (Å²) in [6, 6.07) is 14.4. The number of imidazole rings is 1. The number of hydrogen-bond acceptors (Lipinski definition) is 3. The molecule has 0 aliphatic heterocycles. The van der Waals surface area contributed by atoms with Gasteiger partial charge in [-0.25, -0.2) is 4.98 Å². The van der Waals surface area contributed by atoms with E-state index in [2.05, 4.69) is 59.8 Å². The predicted molar refractivity (Wildman–Crippen MR) is 107 cm³/mol. The molecular weight excluding hydrogens is 334 g/mol. The average Bonchev–Trinajstić information content (AvgIpc) is 3.35. The third-order valence-electron chi connectivity index (χ3n) is 4.93. The minimum Gasteiger partial charge on any atom is -0.321 e. The Morgan fingerprint density at radius 2 is 1.81 bits per heavy atom. The summed E-state index contributed by atoms with van der Waals surface area (Å²) in [6.07, 6.45) is 7.77. The smallest absolute Gasteiger partial charge is 0.0965 e. The van der Waals surface area contributed by atoms with Gasteiger partial charge in [0.15, 0.2) is 0 Å². The molecule has 3 aromatic heterocycles. The van der Waals surface area contributed by atoms with E-state index in [0.717, 1.165) is 34.8 Å². The van der Waals surface area contributed by atoms with Gasteiger partial charge in [0.25, 0.3) is 0 Å². The van der Waals surface area contributed by atoms with Crippen molar-refractivity contribution in [3.8, 4) is 22.5 Å². The first-order valence-corrected chi connectivity index (χ1v) is 9.25. The molecule has 0 radical (unpaired) electrons. The van der Waals surface area contributed by atoms with Gasteiger partial charge in [-0.3, -0.25) is 9.67 Å². The van der Waals surface area contributed by atoms with Gasteiger partial charge in [-0.2, -0.15) is 5.10 Å². The minimum absolute atomic E-state index is 0.0659. The first-order chi connectivity index (χ1) is 13.2. The second-order valence-corrected chi connectivity index (χ2v) is 6.68. The fourth-order valence-electron chi connectivity index (χ4n) is 3.47. The Balaban J connectivity index is 1.90. The molecule has 0 bridgehead atoms. The van der Waals surface area contributed by atoms with Gasteiger partial charge < -0.3 is 4.57 Å². The molecule has 0 spiro atoms. The molecule has 4 rings (SSSR count). The number of nitrogens with zero attached hydrogens (tertiary/aromatic N) is 5. The molecule has 1 atom stereocenters. The normalized spacial score (nSPS) is 12.3. The van der Waals surface area contributed by atoms with Crippen LogP contribution in [0.2, 0.25) is 0 Å². The number of aryl methyl sites for hydroxylation is 2. The zero-order chi connectivity index (χ0) is 18.8. The van der Waals surface area contributed by atoms with Crippen molar-refractivity contribution in [2.45, 2.75) is 33.4 Å². The third-order valence-corrected chi connectivity index (χ3v) is 4.93. The Hall–Kier alpha value is -3.21. The van der Waals surface area contributed by atoms with Gasteiger partial charge in [0.2, 0.25) is 0 Å². The van der Waals surface area contributed by atoms with Gasteiger partial charge in [0.1, 0.15) is 0 Å². The largest absolute Gasteiger partial charge is 0.321 e. The summed E-state index contributed by atoms with van der Waals surface area (Å²) >= 11 is 0. The lowest BCUT2D eigenvalue weighted by atomic mass is 10.1. The van der Waals surface area contributed by atoms with Crippen molar-refractivity contribution in [1.29, 1.82) is 0 Å². The molecule has 3 heterocycles. The van der Waals surface area contributed by atoms with Crippen LogP contribution in [-0.4, -0.2) is 24.3 Å².